The molecule has 3 aromatic carbocycles. The van der Waals surface area contributed by atoms with E-state index in [4.69, 9.17) is 4.98 Å². The number of carbonyl (C=O) groups excluding carboxylic acids is 1. The minimum atomic E-state index is -0.144. The highest BCUT2D eigenvalue weighted by atomic mass is 32.2. The van der Waals surface area contributed by atoms with Gasteiger partial charge in [0.25, 0.3) is 5.56 Å². The van der Waals surface area contributed by atoms with Gasteiger partial charge in [-0.25, -0.2) is 4.98 Å². The van der Waals surface area contributed by atoms with E-state index in [1.807, 2.05) is 76.2 Å². The third-order valence-corrected chi connectivity index (χ3v) is 6.11. The summed E-state index contributed by atoms with van der Waals surface area (Å²) >= 11 is 1.26. The Hall–Kier alpha value is -3.38. The average Bonchev–Trinajstić information content (AvgIpc) is 2.72. The Labute approximate surface area is 191 Å². The van der Waals surface area contributed by atoms with Crippen LogP contribution in [0.1, 0.15) is 22.3 Å². The van der Waals surface area contributed by atoms with Crippen molar-refractivity contribution in [2.75, 3.05) is 11.1 Å². The van der Waals surface area contributed by atoms with Crippen molar-refractivity contribution in [3.05, 3.63) is 93.3 Å². The van der Waals surface area contributed by atoms with Crippen molar-refractivity contribution in [2.45, 2.75) is 32.9 Å². The molecule has 0 radical (unpaired) electrons. The summed E-state index contributed by atoms with van der Waals surface area (Å²) in [6.07, 6.45) is 0. The van der Waals surface area contributed by atoms with E-state index in [2.05, 4.69) is 11.4 Å². The van der Waals surface area contributed by atoms with Crippen molar-refractivity contribution in [1.29, 1.82) is 0 Å². The van der Waals surface area contributed by atoms with Gasteiger partial charge in [-0.15, -0.1) is 0 Å². The third-order valence-electron chi connectivity index (χ3n) is 5.18. The predicted molar refractivity (Wildman–Crippen MR) is 132 cm³/mol. The fourth-order valence-corrected chi connectivity index (χ4v) is 4.66. The lowest BCUT2D eigenvalue weighted by molar-refractivity contribution is -0.113. The molecule has 162 valence electrons. The standard InChI is InChI=1S/C26H25N3O2S/c1-16-9-10-23(19(4)12-16)29-25(31)21-7-5-6-8-22(21)28-26(29)32-15-24(30)27-20-13-17(2)11-18(3)14-20/h5-14H,15H2,1-4H3,(H,27,30). The predicted octanol–water partition coefficient (Wildman–Crippen LogP) is 5.35. The van der Waals surface area contributed by atoms with E-state index < -0.39 is 0 Å². The molecular formula is C26H25N3O2S. The van der Waals surface area contributed by atoms with Gasteiger partial charge in [-0.3, -0.25) is 14.2 Å². The highest BCUT2D eigenvalue weighted by Gasteiger charge is 2.16. The first-order chi connectivity index (χ1) is 15.3. The maximum Gasteiger partial charge on any atom is 0.266 e. The summed E-state index contributed by atoms with van der Waals surface area (Å²) in [5.41, 5.74) is 6.30. The molecule has 4 rings (SSSR count). The zero-order valence-corrected chi connectivity index (χ0v) is 19.4. The largest absolute Gasteiger partial charge is 0.325 e. The second-order valence-electron chi connectivity index (χ2n) is 8.06. The SMILES string of the molecule is Cc1cc(C)cc(NC(=O)CSc2nc3ccccc3c(=O)n2-c2ccc(C)cc2C)c1. The molecule has 0 fully saturated rings. The fraction of sp³-hybridized carbons (Fsp3) is 0.192. The highest BCUT2D eigenvalue weighted by Crippen LogP contribution is 2.24. The lowest BCUT2D eigenvalue weighted by Gasteiger charge is -2.15. The van der Waals surface area contributed by atoms with Gasteiger partial charge in [-0.05, 0) is 74.7 Å². The number of benzene rings is 3. The van der Waals surface area contributed by atoms with Gasteiger partial charge >= 0.3 is 0 Å². The second-order valence-corrected chi connectivity index (χ2v) is 9.00. The van der Waals surface area contributed by atoms with Crippen molar-refractivity contribution in [2.24, 2.45) is 0 Å². The fourth-order valence-electron chi connectivity index (χ4n) is 3.85. The van der Waals surface area contributed by atoms with Crippen molar-refractivity contribution >= 4 is 34.3 Å². The monoisotopic (exact) mass is 443 g/mol. The summed E-state index contributed by atoms with van der Waals surface area (Å²) in [6.45, 7) is 7.99. The Balaban J connectivity index is 1.69. The first kappa shape index (κ1) is 21.8. The summed E-state index contributed by atoms with van der Waals surface area (Å²) in [6, 6.07) is 19.2. The number of rotatable bonds is 5. The van der Waals surface area contributed by atoms with E-state index in [1.165, 1.54) is 11.8 Å². The van der Waals surface area contributed by atoms with E-state index in [0.717, 1.165) is 33.6 Å². The minimum absolute atomic E-state index is 0.139. The number of para-hydroxylation sites is 1. The molecular weight excluding hydrogens is 418 g/mol. The molecule has 6 heteroatoms. The molecule has 0 aliphatic carbocycles. The van der Waals surface area contributed by atoms with Gasteiger partial charge in [0.2, 0.25) is 5.91 Å². The van der Waals surface area contributed by atoms with Crippen LogP contribution in [0.3, 0.4) is 0 Å². The quantitative estimate of drug-likeness (QED) is 0.334. The van der Waals surface area contributed by atoms with E-state index in [9.17, 15) is 9.59 Å². The molecule has 0 saturated carbocycles. The van der Waals surface area contributed by atoms with Gasteiger partial charge < -0.3 is 5.32 Å². The van der Waals surface area contributed by atoms with Gasteiger partial charge in [0.1, 0.15) is 0 Å². The molecule has 1 heterocycles. The van der Waals surface area contributed by atoms with Crippen LogP contribution in [0.15, 0.2) is 70.6 Å². The van der Waals surface area contributed by atoms with E-state index in [-0.39, 0.29) is 17.2 Å². The Morgan fingerprint density at radius 2 is 1.66 bits per heavy atom. The number of nitrogens with zero attached hydrogens (tertiary/aromatic N) is 2. The van der Waals surface area contributed by atoms with E-state index in [1.54, 1.807) is 10.6 Å². The zero-order valence-electron chi connectivity index (χ0n) is 18.6. The number of aromatic nitrogens is 2. The van der Waals surface area contributed by atoms with Gasteiger partial charge in [0, 0.05) is 5.69 Å². The Kier molecular flexibility index (Phi) is 6.15. The summed E-state index contributed by atoms with van der Waals surface area (Å²) in [4.78, 5) is 30.8. The lowest BCUT2D eigenvalue weighted by Crippen LogP contribution is -2.23. The molecule has 1 aromatic heterocycles. The number of anilines is 1. The van der Waals surface area contributed by atoms with Crippen LogP contribution < -0.4 is 10.9 Å². The van der Waals surface area contributed by atoms with Crippen LogP contribution >= 0.6 is 11.8 Å². The van der Waals surface area contributed by atoms with Crippen molar-refractivity contribution in [3.8, 4) is 5.69 Å². The summed E-state index contributed by atoms with van der Waals surface area (Å²) in [5, 5.41) is 4.00. The molecule has 0 bridgehead atoms. The Morgan fingerprint density at radius 1 is 0.938 bits per heavy atom. The lowest BCUT2D eigenvalue weighted by atomic mass is 10.1. The van der Waals surface area contributed by atoms with Crippen LogP contribution in [-0.4, -0.2) is 21.2 Å². The highest BCUT2D eigenvalue weighted by molar-refractivity contribution is 7.99. The summed E-state index contributed by atoms with van der Waals surface area (Å²) in [5.74, 6) is -0.00236. The van der Waals surface area contributed by atoms with Crippen molar-refractivity contribution < 1.29 is 4.79 Å². The molecule has 0 spiro atoms. The van der Waals surface area contributed by atoms with Crippen LogP contribution in [0.4, 0.5) is 5.69 Å². The van der Waals surface area contributed by atoms with Gasteiger partial charge in [-0.1, -0.05) is 47.7 Å². The second kappa shape index (κ2) is 9.01. The number of hydrogen-bond acceptors (Lipinski definition) is 4. The number of nitrogens with one attached hydrogen (secondary N) is 1. The molecule has 0 atom stereocenters. The normalized spacial score (nSPS) is 11.0. The van der Waals surface area contributed by atoms with Crippen molar-refractivity contribution in [1.82, 2.24) is 9.55 Å². The van der Waals surface area contributed by atoms with Gasteiger partial charge in [0.15, 0.2) is 5.16 Å². The van der Waals surface area contributed by atoms with Crippen molar-refractivity contribution in [3.63, 3.8) is 0 Å². The third kappa shape index (κ3) is 4.60. The van der Waals surface area contributed by atoms with Gasteiger partial charge in [-0.2, -0.15) is 0 Å². The topological polar surface area (TPSA) is 64.0 Å². The smallest absolute Gasteiger partial charge is 0.266 e. The Morgan fingerprint density at radius 3 is 2.38 bits per heavy atom. The number of thioether (sulfide) groups is 1. The maximum absolute atomic E-state index is 13.4. The molecule has 0 aliphatic rings. The number of aryl methyl sites for hydroxylation is 4. The first-order valence-electron chi connectivity index (χ1n) is 10.4. The first-order valence-corrected chi connectivity index (χ1v) is 11.4. The molecule has 0 saturated heterocycles. The Bertz CT molecular complexity index is 1370. The van der Waals surface area contributed by atoms with Crippen LogP contribution in [0.25, 0.3) is 16.6 Å². The van der Waals surface area contributed by atoms with Crippen LogP contribution in [0.2, 0.25) is 0 Å². The van der Waals surface area contributed by atoms with Crippen LogP contribution in [0.5, 0.6) is 0 Å². The van der Waals surface area contributed by atoms with Crippen LogP contribution in [0, 0.1) is 27.7 Å². The minimum Gasteiger partial charge on any atom is -0.325 e. The summed E-state index contributed by atoms with van der Waals surface area (Å²) in [7, 11) is 0. The number of fused-ring (bicyclic) bond motifs is 1. The number of amides is 1. The molecule has 5 nitrogen and oxygen atoms in total. The van der Waals surface area contributed by atoms with Crippen LogP contribution in [-0.2, 0) is 4.79 Å². The molecule has 32 heavy (non-hydrogen) atoms. The zero-order chi connectivity index (χ0) is 22.8. The van der Waals surface area contributed by atoms with E-state index >= 15 is 0 Å². The molecule has 1 N–H and O–H groups in total. The summed E-state index contributed by atoms with van der Waals surface area (Å²) < 4.78 is 1.62. The number of hydrogen-bond donors (Lipinski definition) is 1. The molecule has 1 amide bonds. The average molecular weight is 444 g/mol. The molecule has 4 aromatic rings. The van der Waals surface area contributed by atoms with E-state index in [0.29, 0.717) is 16.1 Å². The molecule has 0 unspecified atom stereocenters. The molecule has 0 aliphatic heterocycles. The van der Waals surface area contributed by atoms with Gasteiger partial charge in [0.05, 0.1) is 22.3 Å². The maximum atomic E-state index is 13.4. The number of carbonyl (C=O) groups is 1.